The number of amides is 4. The van der Waals surface area contributed by atoms with Crippen LogP contribution in [0.1, 0.15) is 11.3 Å². The molecule has 0 spiro atoms. The van der Waals surface area contributed by atoms with Crippen LogP contribution in [0.15, 0.2) is 71.3 Å². The number of hydrogen-bond donors (Lipinski definition) is 2. The maximum atomic E-state index is 12.9. The molecule has 0 bridgehead atoms. The summed E-state index contributed by atoms with van der Waals surface area (Å²) in [7, 11) is 1.61. The molecule has 3 heterocycles. The molecule has 2 aromatic carbocycles. The Labute approximate surface area is 206 Å². The van der Waals surface area contributed by atoms with E-state index in [1.807, 2.05) is 48.7 Å². The highest BCUT2D eigenvalue weighted by molar-refractivity contribution is 6.30. The van der Waals surface area contributed by atoms with Gasteiger partial charge >= 0.3 is 6.03 Å². The molecule has 9 heteroatoms. The molecule has 8 nitrogen and oxygen atoms in total. The molecule has 35 heavy (non-hydrogen) atoms. The lowest BCUT2D eigenvalue weighted by Gasteiger charge is -2.19. The van der Waals surface area contributed by atoms with Crippen LogP contribution in [0.25, 0.3) is 22.2 Å². The van der Waals surface area contributed by atoms with Crippen molar-refractivity contribution in [3.05, 3.63) is 83.2 Å². The summed E-state index contributed by atoms with van der Waals surface area (Å²) in [6, 6.07) is 17.4. The second kappa shape index (κ2) is 9.31. The molecule has 1 saturated heterocycles. The Morgan fingerprint density at radius 1 is 1.09 bits per heavy atom. The van der Waals surface area contributed by atoms with E-state index in [0.717, 1.165) is 26.9 Å². The van der Waals surface area contributed by atoms with Crippen molar-refractivity contribution in [3.63, 3.8) is 0 Å². The van der Waals surface area contributed by atoms with Crippen molar-refractivity contribution >= 4 is 40.3 Å². The van der Waals surface area contributed by atoms with E-state index in [1.54, 1.807) is 25.2 Å². The molecule has 0 unspecified atom stereocenters. The quantitative estimate of drug-likeness (QED) is 0.379. The van der Waals surface area contributed by atoms with Crippen LogP contribution in [0.4, 0.5) is 4.79 Å². The molecule has 0 saturated carbocycles. The zero-order valence-corrected chi connectivity index (χ0v) is 19.7. The third kappa shape index (κ3) is 4.65. The van der Waals surface area contributed by atoms with E-state index in [-0.39, 0.29) is 19.0 Å². The van der Waals surface area contributed by atoms with Gasteiger partial charge in [0.05, 0.1) is 6.54 Å². The number of imide groups is 1. The van der Waals surface area contributed by atoms with Gasteiger partial charge in [0.1, 0.15) is 24.1 Å². The van der Waals surface area contributed by atoms with Crippen molar-refractivity contribution in [1.82, 2.24) is 20.1 Å². The summed E-state index contributed by atoms with van der Waals surface area (Å²) < 4.78 is 5.85. The summed E-state index contributed by atoms with van der Waals surface area (Å²) in [5, 5.41) is 4.34. The number of benzene rings is 2. The van der Waals surface area contributed by atoms with E-state index in [9.17, 15) is 14.4 Å². The number of H-pyrrole nitrogens is 1. The van der Waals surface area contributed by atoms with Gasteiger partial charge in [0.25, 0.3) is 5.91 Å². The average molecular weight is 491 g/mol. The lowest BCUT2D eigenvalue weighted by molar-refractivity contribution is -0.137. The standard InChI is InChI=1S/C26H23ClN4O4/c1-30(14-19-10-11-23(35-19)16-6-8-18(27)9-7-16)24(32)15-31-25(33)22(29-26(31)34)12-17-13-28-21-5-3-2-4-20(17)21/h2-11,13,22,28H,12,14-15H2,1H3,(H,29,34)/t22-/m0/s1. The molecule has 1 aliphatic rings. The molecule has 2 aromatic heterocycles. The molecule has 0 radical (unpaired) electrons. The highest BCUT2D eigenvalue weighted by atomic mass is 35.5. The topological polar surface area (TPSA) is 98.7 Å². The number of carbonyl (C=O) groups excluding carboxylic acids is 3. The first-order valence-corrected chi connectivity index (χ1v) is 11.5. The first-order chi connectivity index (χ1) is 16.9. The zero-order valence-electron chi connectivity index (χ0n) is 19.0. The Hall–Kier alpha value is -4.04. The molecule has 1 fully saturated rings. The van der Waals surface area contributed by atoms with Gasteiger partial charge in [0.2, 0.25) is 5.91 Å². The van der Waals surface area contributed by atoms with Crippen LogP contribution in [0.5, 0.6) is 0 Å². The predicted octanol–water partition coefficient (Wildman–Crippen LogP) is 4.20. The number of carbonyl (C=O) groups is 3. The highest BCUT2D eigenvalue weighted by Gasteiger charge is 2.39. The van der Waals surface area contributed by atoms with Gasteiger partial charge in [-0.2, -0.15) is 0 Å². The molecule has 2 N–H and O–H groups in total. The van der Waals surface area contributed by atoms with Crippen LogP contribution in [0.2, 0.25) is 5.02 Å². The molecule has 0 aliphatic carbocycles. The fraction of sp³-hybridized carbons (Fsp3) is 0.192. The number of para-hydroxylation sites is 1. The van der Waals surface area contributed by atoms with E-state index in [1.165, 1.54) is 4.90 Å². The summed E-state index contributed by atoms with van der Waals surface area (Å²) in [5.41, 5.74) is 2.76. The van der Waals surface area contributed by atoms with Gasteiger partial charge in [0.15, 0.2) is 0 Å². The van der Waals surface area contributed by atoms with E-state index in [2.05, 4.69) is 10.3 Å². The largest absolute Gasteiger partial charge is 0.459 e. The zero-order chi connectivity index (χ0) is 24.5. The minimum atomic E-state index is -0.716. The van der Waals surface area contributed by atoms with Gasteiger partial charge < -0.3 is 19.6 Å². The number of halogens is 1. The minimum absolute atomic E-state index is 0.203. The first-order valence-electron chi connectivity index (χ1n) is 11.1. The van der Waals surface area contributed by atoms with Gasteiger partial charge in [0, 0.05) is 41.2 Å². The second-order valence-corrected chi connectivity index (χ2v) is 8.95. The van der Waals surface area contributed by atoms with Crippen LogP contribution < -0.4 is 5.32 Å². The summed E-state index contributed by atoms with van der Waals surface area (Å²) >= 11 is 5.93. The summed E-state index contributed by atoms with van der Waals surface area (Å²) in [5.74, 6) is 0.461. The minimum Gasteiger partial charge on any atom is -0.459 e. The molecule has 1 atom stereocenters. The van der Waals surface area contributed by atoms with Crippen molar-refractivity contribution in [2.75, 3.05) is 13.6 Å². The molecular formula is C26H23ClN4O4. The lowest BCUT2D eigenvalue weighted by Crippen LogP contribution is -2.41. The summed E-state index contributed by atoms with van der Waals surface area (Å²) in [6.07, 6.45) is 2.18. The second-order valence-electron chi connectivity index (χ2n) is 8.51. The Bertz CT molecular complexity index is 1410. The molecule has 178 valence electrons. The number of likely N-dealkylation sites (N-methyl/N-ethyl adjacent to an activating group) is 1. The van der Waals surface area contributed by atoms with E-state index >= 15 is 0 Å². The fourth-order valence-electron chi connectivity index (χ4n) is 4.20. The van der Waals surface area contributed by atoms with Gasteiger partial charge in [-0.05, 0) is 48.0 Å². The van der Waals surface area contributed by atoms with E-state index < -0.39 is 18.0 Å². The van der Waals surface area contributed by atoms with Crippen molar-refractivity contribution < 1.29 is 18.8 Å². The number of aromatic amines is 1. The van der Waals surface area contributed by atoms with Gasteiger partial charge in [-0.3, -0.25) is 14.5 Å². The molecule has 4 aromatic rings. The van der Waals surface area contributed by atoms with Crippen LogP contribution in [-0.4, -0.2) is 52.3 Å². The lowest BCUT2D eigenvalue weighted by atomic mass is 10.1. The Balaban J connectivity index is 1.20. The van der Waals surface area contributed by atoms with Gasteiger partial charge in [-0.25, -0.2) is 4.79 Å². The number of furan rings is 1. The SMILES string of the molecule is CN(Cc1ccc(-c2ccc(Cl)cc2)o1)C(=O)CN1C(=O)N[C@@H](Cc2c[nH]c3ccccc23)C1=O. The van der Waals surface area contributed by atoms with Crippen molar-refractivity contribution in [2.45, 2.75) is 19.0 Å². The number of nitrogens with zero attached hydrogens (tertiary/aromatic N) is 2. The van der Waals surface area contributed by atoms with Crippen molar-refractivity contribution in [2.24, 2.45) is 0 Å². The van der Waals surface area contributed by atoms with Crippen LogP contribution >= 0.6 is 11.6 Å². The Kier molecular flexibility index (Phi) is 6.05. The maximum Gasteiger partial charge on any atom is 0.325 e. The van der Waals surface area contributed by atoms with Crippen LogP contribution in [0, 0.1) is 0 Å². The number of aromatic nitrogens is 1. The fourth-order valence-corrected chi connectivity index (χ4v) is 4.32. The normalized spacial score (nSPS) is 15.6. The number of nitrogens with one attached hydrogen (secondary N) is 2. The third-order valence-corrected chi connectivity index (χ3v) is 6.36. The molecule has 4 amide bonds. The van der Waals surface area contributed by atoms with E-state index in [0.29, 0.717) is 23.0 Å². The van der Waals surface area contributed by atoms with Crippen LogP contribution in [0.3, 0.4) is 0 Å². The van der Waals surface area contributed by atoms with Gasteiger partial charge in [-0.15, -0.1) is 0 Å². The Morgan fingerprint density at radius 2 is 1.86 bits per heavy atom. The monoisotopic (exact) mass is 490 g/mol. The Morgan fingerprint density at radius 3 is 2.66 bits per heavy atom. The highest BCUT2D eigenvalue weighted by Crippen LogP contribution is 2.25. The van der Waals surface area contributed by atoms with Crippen molar-refractivity contribution in [3.8, 4) is 11.3 Å². The third-order valence-electron chi connectivity index (χ3n) is 6.11. The molecule has 1 aliphatic heterocycles. The smallest absolute Gasteiger partial charge is 0.325 e. The number of hydrogen-bond acceptors (Lipinski definition) is 4. The average Bonchev–Trinajstić information content (AvgIpc) is 3.55. The maximum absolute atomic E-state index is 12.9. The first kappa shape index (κ1) is 22.7. The number of fused-ring (bicyclic) bond motifs is 1. The number of urea groups is 1. The molecule has 5 rings (SSSR count). The number of rotatable bonds is 7. The molecular weight excluding hydrogens is 468 g/mol. The van der Waals surface area contributed by atoms with Crippen molar-refractivity contribution in [1.29, 1.82) is 0 Å². The summed E-state index contributed by atoms with van der Waals surface area (Å²) in [6.45, 7) is -0.134. The van der Waals surface area contributed by atoms with Crippen LogP contribution in [-0.2, 0) is 22.6 Å². The van der Waals surface area contributed by atoms with Gasteiger partial charge in [-0.1, -0.05) is 29.8 Å². The van der Waals surface area contributed by atoms with E-state index in [4.69, 9.17) is 16.0 Å². The predicted molar refractivity (Wildman–Crippen MR) is 132 cm³/mol. The summed E-state index contributed by atoms with van der Waals surface area (Å²) in [4.78, 5) is 43.8.